The molecule has 2 heterocycles. The first-order valence-corrected chi connectivity index (χ1v) is 17.2. The van der Waals surface area contributed by atoms with E-state index in [9.17, 15) is 0 Å². The van der Waals surface area contributed by atoms with E-state index in [1.165, 1.54) is 66.8 Å². The highest BCUT2D eigenvalue weighted by molar-refractivity contribution is 5.92. The third-order valence-electron chi connectivity index (χ3n) is 9.71. The third kappa shape index (κ3) is 7.50. The molecule has 0 fully saturated rings. The van der Waals surface area contributed by atoms with E-state index in [1.807, 2.05) is 0 Å². The Bertz CT molecular complexity index is 2260. The maximum atomic E-state index is 2.35. The summed E-state index contributed by atoms with van der Waals surface area (Å²) in [6.07, 6.45) is 4.43. The molecule has 0 bridgehead atoms. The van der Waals surface area contributed by atoms with Gasteiger partial charge in [-0.15, -0.1) is 0 Å². The molecule has 0 saturated carbocycles. The SMILES string of the molecule is CN(c1ccccc1)c1cc[n+](Cc2cccc(-c3cccc(C[n+]4ccc(N(C)c5ccccc5)c5ccccc54)c3)c2)c2ccccc12.[Br-].[Br-]. The second-order valence-corrected chi connectivity index (χ2v) is 12.9. The summed E-state index contributed by atoms with van der Waals surface area (Å²) in [5, 5.41) is 2.46. The molecule has 4 nitrogen and oxygen atoms in total. The second kappa shape index (κ2) is 16.4. The van der Waals surface area contributed by atoms with E-state index < -0.39 is 0 Å². The first-order chi connectivity index (χ1) is 24.6. The van der Waals surface area contributed by atoms with Crippen LogP contribution in [0.5, 0.6) is 0 Å². The molecule has 0 aliphatic heterocycles. The van der Waals surface area contributed by atoms with Crippen molar-refractivity contribution in [2.45, 2.75) is 13.1 Å². The smallest absolute Gasteiger partial charge is 0.214 e. The predicted octanol–water partition coefficient (Wildman–Crippen LogP) is 3.88. The van der Waals surface area contributed by atoms with Gasteiger partial charge in [-0.1, -0.05) is 97.1 Å². The number of hydrogen-bond donors (Lipinski definition) is 0. The van der Waals surface area contributed by atoms with Crippen LogP contribution in [0.25, 0.3) is 32.9 Å². The molecule has 8 rings (SSSR count). The third-order valence-corrected chi connectivity index (χ3v) is 9.71. The summed E-state index contributed by atoms with van der Waals surface area (Å²) in [7, 11) is 4.28. The van der Waals surface area contributed by atoms with Crippen molar-refractivity contribution in [2.24, 2.45) is 0 Å². The van der Waals surface area contributed by atoms with Crippen molar-refractivity contribution < 1.29 is 43.1 Å². The summed E-state index contributed by atoms with van der Waals surface area (Å²) in [5.41, 5.74) is 12.1. The molecule has 6 heteroatoms. The quantitative estimate of drug-likeness (QED) is 0.206. The Kier molecular flexibility index (Phi) is 11.5. The minimum absolute atomic E-state index is 0. The van der Waals surface area contributed by atoms with E-state index in [0.717, 1.165) is 13.1 Å². The van der Waals surface area contributed by atoms with Crippen LogP contribution in [0.2, 0.25) is 0 Å². The summed E-state index contributed by atoms with van der Waals surface area (Å²) in [6, 6.07) is 60.9. The summed E-state index contributed by atoms with van der Waals surface area (Å²) in [6.45, 7) is 1.57. The molecule has 0 unspecified atom stereocenters. The Hall–Kier alpha value is -5.30. The molecule has 52 heavy (non-hydrogen) atoms. The largest absolute Gasteiger partial charge is 1.00 e. The molecule has 0 aliphatic carbocycles. The molecule has 0 amide bonds. The van der Waals surface area contributed by atoms with Gasteiger partial charge >= 0.3 is 0 Å². The monoisotopic (exact) mass is 806 g/mol. The minimum atomic E-state index is 0. The Balaban J connectivity index is 0.00000232. The highest BCUT2D eigenvalue weighted by atomic mass is 79.9. The van der Waals surface area contributed by atoms with Crippen LogP contribution in [-0.4, -0.2) is 14.1 Å². The van der Waals surface area contributed by atoms with Crippen LogP contribution in [-0.2, 0) is 13.1 Å². The fraction of sp³-hybridized carbons (Fsp3) is 0.0870. The zero-order valence-electron chi connectivity index (χ0n) is 29.3. The molecule has 6 aromatic carbocycles. The standard InChI is InChI=1S/C46H40N4.2BrH/c1-47(39-19-5-3-6-20-39)43-27-29-49(45-25-11-9-23-41(43)45)33-35-15-13-17-37(31-35)38-18-14-16-36(32-38)34-50-30-28-44(42-24-10-12-26-46(42)50)48(2)40-21-7-4-8-22-40;;/h3-32H,33-34H2,1-2H3;2*1H/q+2;;/p-2. The number of aromatic nitrogens is 2. The lowest BCUT2D eigenvalue weighted by Gasteiger charge is -2.20. The van der Waals surface area contributed by atoms with E-state index in [1.54, 1.807) is 0 Å². The lowest BCUT2D eigenvalue weighted by molar-refractivity contribution is -0.662. The average molecular weight is 809 g/mol. The van der Waals surface area contributed by atoms with Crippen LogP contribution < -0.4 is 52.9 Å². The normalized spacial score (nSPS) is 10.7. The Morgan fingerprint density at radius 2 is 0.788 bits per heavy atom. The highest BCUT2D eigenvalue weighted by Crippen LogP contribution is 2.31. The van der Waals surface area contributed by atoms with Gasteiger partial charge in [0.2, 0.25) is 11.0 Å². The van der Waals surface area contributed by atoms with Crippen LogP contribution >= 0.6 is 0 Å². The Morgan fingerprint density at radius 1 is 0.404 bits per heavy atom. The van der Waals surface area contributed by atoms with E-state index in [2.05, 4.69) is 215 Å². The number of pyridine rings is 2. The molecule has 0 spiro atoms. The molecule has 0 atom stereocenters. The fourth-order valence-electron chi connectivity index (χ4n) is 7.08. The van der Waals surface area contributed by atoms with Crippen LogP contribution in [0.3, 0.4) is 0 Å². The van der Waals surface area contributed by atoms with E-state index >= 15 is 0 Å². The molecular weight excluding hydrogens is 768 g/mol. The molecular formula is C46H40Br2N4. The summed E-state index contributed by atoms with van der Waals surface area (Å²) >= 11 is 0. The van der Waals surface area contributed by atoms with Gasteiger partial charge in [-0.3, -0.25) is 0 Å². The zero-order valence-corrected chi connectivity index (χ0v) is 32.5. The van der Waals surface area contributed by atoms with Gasteiger partial charge in [0.15, 0.2) is 25.5 Å². The van der Waals surface area contributed by atoms with Crippen molar-refractivity contribution in [3.05, 3.63) is 193 Å². The number of benzene rings is 6. The van der Waals surface area contributed by atoms with Crippen molar-refractivity contribution in [2.75, 3.05) is 23.9 Å². The van der Waals surface area contributed by atoms with Gasteiger partial charge in [0, 0.05) is 60.9 Å². The number of para-hydroxylation sites is 4. The lowest BCUT2D eigenvalue weighted by Crippen LogP contribution is -3.00. The van der Waals surface area contributed by atoms with Crippen LogP contribution in [0.15, 0.2) is 182 Å². The van der Waals surface area contributed by atoms with Crippen molar-refractivity contribution in [3.8, 4) is 11.1 Å². The minimum Gasteiger partial charge on any atom is -1.00 e. The van der Waals surface area contributed by atoms with Crippen molar-refractivity contribution in [1.82, 2.24) is 0 Å². The molecule has 0 saturated heterocycles. The van der Waals surface area contributed by atoms with Gasteiger partial charge in [-0.2, -0.15) is 9.13 Å². The Labute approximate surface area is 327 Å². The van der Waals surface area contributed by atoms with Crippen molar-refractivity contribution >= 4 is 44.6 Å². The summed E-state index contributed by atoms with van der Waals surface area (Å²) < 4.78 is 4.71. The van der Waals surface area contributed by atoms with Crippen molar-refractivity contribution in [1.29, 1.82) is 0 Å². The fourth-order valence-corrected chi connectivity index (χ4v) is 7.08. The molecule has 0 aliphatic rings. The molecule has 0 radical (unpaired) electrons. The van der Waals surface area contributed by atoms with Crippen LogP contribution in [0, 0.1) is 0 Å². The maximum absolute atomic E-state index is 2.35. The van der Waals surface area contributed by atoms with Crippen LogP contribution in [0.1, 0.15) is 11.1 Å². The second-order valence-electron chi connectivity index (χ2n) is 12.9. The van der Waals surface area contributed by atoms with Gasteiger partial charge in [-0.25, -0.2) is 0 Å². The summed E-state index contributed by atoms with van der Waals surface area (Å²) in [4.78, 5) is 4.53. The lowest BCUT2D eigenvalue weighted by atomic mass is 10.0. The number of hydrogen-bond acceptors (Lipinski definition) is 2. The highest BCUT2D eigenvalue weighted by Gasteiger charge is 2.18. The molecule has 0 N–H and O–H groups in total. The van der Waals surface area contributed by atoms with E-state index in [-0.39, 0.29) is 34.0 Å². The first-order valence-electron chi connectivity index (χ1n) is 17.2. The van der Waals surface area contributed by atoms with Gasteiger partial charge in [0.25, 0.3) is 0 Å². The van der Waals surface area contributed by atoms with Crippen molar-refractivity contribution in [3.63, 3.8) is 0 Å². The predicted molar refractivity (Wildman–Crippen MR) is 207 cm³/mol. The topological polar surface area (TPSA) is 14.2 Å². The van der Waals surface area contributed by atoms with Gasteiger partial charge in [0.05, 0.1) is 22.1 Å². The molecule has 2 aromatic heterocycles. The average Bonchev–Trinajstić information content (AvgIpc) is 3.18. The van der Waals surface area contributed by atoms with Gasteiger partial charge in [-0.05, 0) is 59.7 Å². The molecule has 8 aromatic rings. The van der Waals surface area contributed by atoms with E-state index in [0.29, 0.717) is 0 Å². The van der Waals surface area contributed by atoms with E-state index in [4.69, 9.17) is 0 Å². The number of halogens is 2. The maximum Gasteiger partial charge on any atom is 0.214 e. The number of nitrogens with zero attached hydrogens (tertiary/aromatic N) is 4. The van der Waals surface area contributed by atoms with Crippen LogP contribution in [0.4, 0.5) is 22.7 Å². The molecule has 258 valence electrons. The number of anilines is 4. The van der Waals surface area contributed by atoms with Gasteiger partial charge < -0.3 is 43.8 Å². The Morgan fingerprint density at radius 3 is 1.21 bits per heavy atom. The number of rotatable bonds is 9. The summed E-state index contributed by atoms with van der Waals surface area (Å²) in [5.74, 6) is 0. The first kappa shape index (κ1) is 36.5. The van der Waals surface area contributed by atoms with Gasteiger partial charge in [0.1, 0.15) is 0 Å². The number of fused-ring (bicyclic) bond motifs is 2. The zero-order chi connectivity index (χ0) is 33.9.